The van der Waals surface area contributed by atoms with E-state index in [1.165, 1.54) is 12.1 Å². The van der Waals surface area contributed by atoms with Gasteiger partial charge in [0.25, 0.3) is 0 Å². The molecular weight excluding hydrogens is 441 g/mol. The standard InChI is InChI=1S/C27H35F3N2O2/c1-17-21-16-32(12-5-11-26(25(33)34)9-3-2-4-10-26)13-8-18(21)14-23-24(17)20-15-19(27(28,29)30)6-7-22(20)31-23/h6-7,15,17-18,21,31H,2-5,8-14,16H2,1H3,(H,33,34). The Bertz CT molecular complexity index is 1050. The number of carbonyl (C=O) groups is 1. The molecule has 0 amide bonds. The molecule has 186 valence electrons. The van der Waals surface area contributed by atoms with E-state index in [1.807, 2.05) is 0 Å². The van der Waals surface area contributed by atoms with Gasteiger partial charge in [-0.3, -0.25) is 4.79 Å². The second-order valence-electron chi connectivity index (χ2n) is 11.0. The molecule has 2 N–H and O–H groups in total. The smallest absolute Gasteiger partial charge is 0.416 e. The largest absolute Gasteiger partial charge is 0.481 e. The number of nitrogens with one attached hydrogen (secondary N) is 1. The molecule has 2 aromatic rings. The molecule has 3 atom stereocenters. The highest BCUT2D eigenvalue weighted by molar-refractivity contribution is 5.86. The number of H-pyrrole nitrogens is 1. The van der Waals surface area contributed by atoms with Gasteiger partial charge in [-0.15, -0.1) is 0 Å². The molecule has 1 aliphatic heterocycles. The summed E-state index contributed by atoms with van der Waals surface area (Å²) in [5.74, 6) is 0.518. The predicted molar refractivity (Wildman–Crippen MR) is 126 cm³/mol. The number of likely N-dealkylation sites (tertiary alicyclic amines) is 1. The number of hydrogen-bond acceptors (Lipinski definition) is 2. The van der Waals surface area contributed by atoms with Gasteiger partial charge in [0.1, 0.15) is 0 Å². The minimum absolute atomic E-state index is 0.192. The van der Waals surface area contributed by atoms with Crippen LogP contribution in [-0.2, 0) is 17.4 Å². The second kappa shape index (κ2) is 8.89. The molecule has 1 aromatic carbocycles. The van der Waals surface area contributed by atoms with Crippen molar-refractivity contribution in [1.29, 1.82) is 0 Å². The number of piperidine rings is 1. The third-order valence-electron chi connectivity index (χ3n) is 9.10. The van der Waals surface area contributed by atoms with Gasteiger partial charge in [0, 0.05) is 23.1 Å². The maximum absolute atomic E-state index is 13.3. The van der Waals surface area contributed by atoms with E-state index in [9.17, 15) is 23.1 Å². The van der Waals surface area contributed by atoms with Gasteiger partial charge >= 0.3 is 12.1 Å². The van der Waals surface area contributed by atoms with Crippen molar-refractivity contribution in [3.63, 3.8) is 0 Å². The first-order chi connectivity index (χ1) is 16.2. The van der Waals surface area contributed by atoms with E-state index in [2.05, 4.69) is 16.8 Å². The van der Waals surface area contributed by atoms with E-state index >= 15 is 0 Å². The fourth-order valence-electron chi connectivity index (χ4n) is 7.17. The summed E-state index contributed by atoms with van der Waals surface area (Å²) in [6.07, 6.45) is 4.05. The summed E-state index contributed by atoms with van der Waals surface area (Å²) in [4.78, 5) is 17.9. The number of rotatable bonds is 5. The summed E-state index contributed by atoms with van der Waals surface area (Å²) in [6, 6.07) is 4.06. The number of fused-ring (bicyclic) bond motifs is 4. The molecule has 4 nitrogen and oxygen atoms in total. The minimum Gasteiger partial charge on any atom is -0.481 e. The highest BCUT2D eigenvalue weighted by Gasteiger charge is 2.42. The predicted octanol–water partition coefficient (Wildman–Crippen LogP) is 6.60. The monoisotopic (exact) mass is 476 g/mol. The van der Waals surface area contributed by atoms with Crippen LogP contribution in [0.1, 0.15) is 81.0 Å². The van der Waals surface area contributed by atoms with Gasteiger partial charge in [0.05, 0.1) is 11.0 Å². The number of hydrogen-bond donors (Lipinski definition) is 2. The number of nitrogens with zero attached hydrogens (tertiary/aromatic N) is 1. The molecule has 0 radical (unpaired) electrons. The van der Waals surface area contributed by atoms with Crippen molar-refractivity contribution >= 4 is 16.9 Å². The quantitative estimate of drug-likeness (QED) is 0.511. The molecule has 0 bridgehead atoms. The molecule has 3 aliphatic rings. The van der Waals surface area contributed by atoms with E-state index in [4.69, 9.17) is 0 Å². The number of aromatic amines is 1. The van der Waals surface area contributed by atoms with Crippen molar-refractivity contribution in [2.75, 3.05) is 19.6 Å². The van der Waals surface area contributed by atoms with Crippen molar-refractivity contribution in [3.8, 4) is 0 Å². The zero-order valence-electron chi connectivity index (χ0n) is 19.9. The molecule has 1 saturated carbocycles. The molecule has 0 spiro atoms. The van der Waals surface area contributed by atoms with E-state index in [0.29, 0.717) is 17.2 Å². The van der Waals surface area contributed by atoms with Gasteiger partial charge in [-0.2, -0.15) is 13.2 Å². The SMILES string of the molecule is CC1c2c([nH]c3ccc(C(F)(F)F)cc23)CC2CCN(CCCC3(C(=O)O)CCCCC3)CC21. The molecule has 7 heteroatoms. The summed E-state index contributed by atoms with van der Waals surface area (Å²) in [7, 11) is 0. The highest BCUT2D eigenvalue weighted by atomic mass is 19.4. The topological polar surface area (TPSA) is 56.3 Å². The van der Waals surface area contributed by atoms with Gasteiger partial charge in [-0.05, 0) is 93.1 Å². The molecule has 2 fully saturated rings. The summed E-state index contributed by atoms with van der Waals surface area (Å²) in [5.41, 5.74) is 1.85. The number of alkyl halides is 3. The van der Waals surface area contributed by atoms with Crippen LogP contribution in [0.4, 0.5) is 13.2 Å². The number of carboxylic acids is 1. The Morgan fingerprint density at radius 1 is 1.24 bits per heavy atom. The van der Waals surface area contributed by atoms with E-state index in [0.717, 1.165) is 94.2 Å². The van der Waals surface area contributed by atoms with Crippen molar-refractivity contribution in [1.82, 2.24) is 9.88 Å². The summed E-state index contributed by atoms with van der Waals surface area (Å²) in [6.45, 7) is 5.04. The second-order valence-corrected chi connectivity index (χ2v) is 11.0. The maximum Gasteiger partial charge on any atom is 0.416 e. The Balaban J connectivity index is 1.29. The third-order valence-corrected chi connectivity index (χ3v) is 9.10. The number of benzene rings is 1. The first-order valence-electron chi connectivity index (χ1n) is 12.9. The number of halogens is 3. The van der Waals surface area contributed by atoms with Gasteiger partial charge in [-0.25, -0.2) is 0 Å². The van der Waals surface area contributed by atoms with E-state index in [-0.39, 0.29) is 5.92 Å². The molecule has 2 heterocycles. The fourth-order valence-corrected chi connectivity index (χ4v) is 7.17. The Labute approximate surface area is 198 Å². The Kier molecular flexibility index (Phi) is 6.20. The third kappa shape index (κ3) is 4.25. The number of aliphatic carboxylic acids is 1. The summed E-state index contributed by atoms with van der Waals surface area (Å²) < 4.78 is 40.0. The summed E-state index contributed by atoms with van der Waals surface area (Å²) >= 11 is 0. The van der Waals surface area contributed by atoms with Crippen molar-refractivity contribution < 1.29 is 23.1 Å². The molecular formula is C27H35F3N2O2. The lowest BCUT2D eigenvalue weighted by atomic mass is 9.68. The average molecular weight is 477 g/mol. The van der Waals surface area contributed by atoms with E-state index in [1.54, 1.807) is 6.07 Å². The zero-order valence-corrected chi connectivity index (χ0v) is 19.9. The number of carboxylic acid groups (broad SMARTS) is 1. The lowest BCUT2D eigenvalue weighted by Gasteiger charge is -2.45. The van der Waals surface area contributed by atoms with Crippen LogP contribution in [0.2, 0.25) is 0 Å². The Hall–Kier alpha value is -2.02. The van der Waals surface area contributed by atoms with Crippen LogP contribution in [0.25, 0.3) is 10.9 Å². The minimum atomic E-state index is -4.34. The lowest BCUT2D eigenvalue weighted by Crippen LogP contribution is -2.45. The van der Waals surface area contributed by atoms with Crippen molar-refractivity contribution in [3.05, 3.63) is 35.0 Å². The first-order valence-corrected chi connectivity index (χ1v) is 12.9. The zero-order chi connectivity index (χ0) is 24.1. The van der Waals surface area contributed by atoms with Gasteiger partial charge in [0.15, 0.2) is 0 Å². The Morgan fingerprint density at radius 2 is 2.00 bits per heavy atom. The molecule has 3 unspecified atom stereocenters. The first kappa shape index (κ1) is 23.7. The van der Waals surface area contributed by atoms with Crippen LogP contribution in [-0.4, -0.2) is 40.6 Å². The van der Waals surface area contributed by atoms with Crippen LogP contribution in [0.15, 0.2) is 18.2 Å². The molecule has 5 rings (SSSR count). The van der Waals surface area contributed by atoms with Crippen molar-refractivity contribution in [2.45, 2.75) is 76.8 Å². The summed E-state index contributed by atoms with van der Waals surface area (Å²) in [5, 5.41) is 10.6. The van der Waals surface area contributed by atoms with E-state index < -0.39 is 23.1 Å². The highest BCUT2D eigenvalue weighted by Crippen LogP contribution is 2.47. The van der Waals surface area contributed by atoms with Gasteiger partial charge in [-0.1, -0.05) is 26.2 Å². The van der Waals surface area contributed by atoms with Crippen LogP contribution in [0.3, 0.4) is 0 Å². The van der Waals surface area contributed by atoms with Crippen LogP contribution >= 0.6 is 0 Å². The maximum atomic E-state index is 13.3. The van der Waals surface area contributed by atoms with Crippen LogP contribution < -0.4 is 0 Å². The molecule has 2 aliphatic carbocycles. The Morgan fingerprint density at radius 3 is 2.71 bits per heavy atom. The average Bonchev–Trinajstić information content (AvgIpc) is 3.17. The van der Waals surface area contributed by atoms with Crippen molar-refractivity contribution in [2.24, 2.45) is 17.3 Å². The normalized spacial score (nSPS) is 27.4. The number of aromatic nitrogens is 1. The van der Waals surface area contributed by atoms with Crippen LogP contribution in [0, 0.1) is 17.3 Å². The van der Waals surface area contributed by atoms with Gasteiger partial charge in [0.2, 0.25) is 0 Å². The molecule has 1 saturated heterocycles. The molecule has 34 heavy (non-hydrogen) atoms. The lowest BCUT2D eigenvalue weighted by molar-refractivity contribution is -0.151. The molecule has 1 aromatic heterocycles. The fraction of sp³-hybridized carbons (Fsp3) is 0.667. The van der Waals surface area contributed by atoms with Crippen LogP contribution in [0.5, 0.6) is 0 Å². The van der Waals surface area contributed by atoms with Gasteiger partial charge < -0.3 is 15.0 Å².